The molecule has 0 aliphatic rings. The van der Waals surface area contributed by atoms with Gasteiger partial charge in [0.2, 0.25) is 0 Å². The largest absolute Gasteiger partial charge is 0.310 e. The molecule has 1 aromatic heterocycles. The monoisotopic (exact) mass is 234 g/mol. The Morgan fingerprint density at radius 2 is 2.00 bits per heavy atom. The van der Waals surface area contributed by atoms with Crippen LogP contribution in [0.25, 0.3) is 0 Å². The molecular formula is C15H26N2. The van der Waals surface area contributed by atoms with Crippen LogP contribution in [-0.4, -0.2) is 11.5 Å². The second kappa shape index (κ2) is 6.15. The Kier molecular flexibility index (Phi) is 5.13. The summed E-state index contributed by atoms with van der Waals surface area (Å²) in [5.74, 6) is 0. The second-order valence-electron chi connectivity index (χ2n) is 6.07. The van der Waals surface area contributed by atoms with Crippen LogP contribution in [0.15, 0.2) is 18.5 Å². The highest BCUT2D eigenvalue weighted by atomic mass is 14.9. The van der Waals surface area contributed by atoms with E-state index >= 15 is 0 Å². The highest BCUT2D eigenvalue weighted by Crippen LogP contribution is 2.29. The average Bonchev–Trinajstić information content (AvgIpc) is 2.22. The summed E-state index contributed by atoms with van der Waals surface area (Å²) in [5.41, 5.74) is 2.88. The molecule has 0 bridgehead atoms. The van der Waals surface area contributed by atoms with E-state index in [1.807, 2.05) is 12.4 Å². The van der Waals surface area contributed by atoms with Crippen molar-refractivity contribution in [3.8, 4) is 0 Å². The van der Waals surface area contributed by atoms with Crippen LogP contribution < -0.4 is 5.32 Å². The third kappa shape index (κ3) is 5.31. The van der Waals surface area contributed by atoms with Crippen molar-refractivity contribution in [1.82, 2.24) is 10.3 Å². The lowest BCUT2D eigenvalue weighted by molar-refractivity contribution is 0.311. The Hall–Kier alpha value is -0.890. The Bertz CT molecular complexity index is 339. The molecule has 96 valence electrons. The van der Waals surface area contributed by atoms with Gasteiger partial charge in [-0.15, -0.1) is 0 Å². The number of hydrogen-bond donors (Lipinski definition) is 1. The Morgan fingerprint density at radius 1 is 1.29 bits per heavy atom. The summed E-state index contributed by atoms with van der Waals surface area (Å²) < 4.78 is 0. The first-order chi connectivity index (χ1) is 7.92. The second-order valence-corrected chi connectivity index (χ2v) is 6.07. The van der Waals surface area contributed by atoms with Crippen LogP contribution in [0.2, 0.25) is 0 Å². The van der Waals surface area contributed by atoms with E-state index in [0.29, 0.717) is 11.5 Å². The molecule has 1 aromatic rings. The van der Waals surface area contributed by atoms with Gasteiger partial charge in [-0.25, -0.2) is 0 Å². The van der Waals surface area contributed by atoms with Crippen LogP contribution in [0.3, 0.4) is 0 Å². The third-order valence-corrected chi connectivity index (χ3v) is 2.76. The van der Waals surface area contributed by atoms with E-state index in [9.17, 15) is 0 Å². The van der Waals surface area contributed by atoms with Gasteiger partial charge in [0.05, 0.1) is 0 Å². The van der Waals surface area contributed by atoms with Crippen LogP contribution in [0.1, 0.15) is 57.7 Å². The average molecular weight is 234 g/mol. The quantitative estimate of drug-likeness (QED) is 0.836. The Morgan fingerprint density at radius 3 is 2.53 bits per heavy atom. The summed E-state index contributed by atoms with van der Waals surface area (Å²) in [4.78, 5) is 4.30. The first kappa shape index (κ1) is 14.2. The van der Waals surface area contributed by atoms with Crippen LogP contribution in [0, 0.1) is 12.3 Å². The van der Waals surface area contributed by atoms with E-state index in [0.717, 1.165) is 13.0 Å². The normalized spacial score (nSPS) is 13.7. The van der Waals surface area contributed by atoms with Gasteiger partial charge in [-0.1, -0.05) is 33.8 Å². The fraction of sp³-hybridized carbons (Fsp3) is 0.667. The minimum Gasteiger partial charge on any atom is -0.310 e. The van der Waals surface area contributed by atoms with Gasteiger partial charge in [-0.2, -0.15) is 0 Å². The molecule has 0 aliphatic carbocycles. The minimum atomic E-state index is 0.329. The first-order valence-electron chi connectivity index (χ1n) is 6.57. The van der Waals surface area contributed by atoms with Gasteiger partial charge in [0, 0.05) is 18.4 Å². The molecule has 1 N–H and O–H groups in total. The van der Waals surface area contributed by atoms with Gasteiger partial charge in [0.15, 0.2) is 0 Å². The molecule has 0 fully saturated rings. The number of hydrogen-bond acceptors (Lipinski definition) is 2. The number of rotatable bonds is 5. The zero-order chi connectivity index (χ0) is 12.9. The summed E-state index contributed by atoms with van der Waals surface area (Å²) in [6.45, 7) is 12.2. The van der Waals surface area contributed by atoms with Crippen molar-refractivity contribution < 1.29 is 0 Å². The van der Waals surface area contributed by atoms with Crippen LogP contribution in [0.4, 0.5) is 0 Å². The first-order valence-corrected chi connectivity index (χ1v) is 6.57. The van der Waals surface area contributed by atoms with Crippen molar-refractivity contribution in [3.63, 3.8) is 0 Å². The van der Waals surface area contributed by atoms with Crippen molar-refractivity contribution in [2.24, 2.45) is 5.41 Å². The fourth-order valence-corrected chi connectivity index (χ4v) is 2.01. The molecule has 2 heteroatoms. The standard InChI is InChI=1S/C15H26N2/c1-6-7-17-14(9-15(3,4)5)13-8-12(2)10-16-11-13/h8,10-11,14,17H,6-7,9H2,1-5H3. The SMILES string of the molecule is CCCNC(CC(C)(C)C)c1cncc(C)c1. The topological polar surface area (TPSA) is 24.9 Å². The molecule has 17 heavy (non-hydrogen) atoms. The van der Waals surface area contributed by atoms with Crippen molar-refractivity contribution in [1.29, 1.82) is 0 Å². The lowest BCUT2D eigenvalue weighted by Crippen LogP contribution is -2.26. The molecule has 1 atom stereocenters. The molecule has 1 rings (SSSR count). The summed E-state index contributed by atoms with van der Waals surface area (Å²) in [6, 6.07) is 2.66. The summed E-state index contributed by atoms with van der Waals surface area (Å²) >= 11 is 0. The molecule has 1 heterocycles. The van der Waals surface area contributed by atoms with Crippen molar-refractivity contribution in [3.05, 3.63) is 29.6 Å². The van der Waals surface area contributed by atoms with Crippen molar-refractivity contribution in [2.45, 2.75) is 53.5 Å². The van der Waals surface area contributed by atoms with Gasteiger partial charge in [0.25, 0.3) is 0 Å². The molecule has 0 amide bonds. The molecule has 0 aromatic carbocycles. The molecule has 0 spiro atoms. The van der Waals surface area contributed by atoms with E-state index in [4.69, 9.17) is 0 Å². The molecule has 2 nitrogen and oxygen atoms in total. The Balaban J connectivity index is 2.81. The smallest absolute Gasteiger partial charge is 0.0340 e. The van der Waals surface area contributed by atoms with Crippen molar-refractivity contribution in [2.75, 3.05) is 6.54 Å². The van der Waals surface area contributed by atoms with E-state index in [1.54, 1.807) is 0 Å². The predicted octanol–water partition coefficient (Wildman–Crippen LogP) is 3.87. The number of aromatic nitrogens is 1. The van der Waals surface area contributed by atoms with Gasteiger partial charge in [0.1, 0.15) is 0 Å². The maximum atomic E-state index is 4.30. The van der Waals surface area contributed by atoms with Gasteiger partial charge in [-0.3, -0.25) is 4.98 Å². The molecule has 1 unspecified atom stereocenters. The van der Waals surface area contributed by atoms with E-state index < -0.39 is 0 Å². The zero-order valence-corrected chi connectivity index (χ0v) is 11.9. The lowest BCUT2D eigenvalue weighted by atomic mass is 9.85. The van der Waals surface area contributed by atoms with Crippen LogP contribution in [-0.2, 0) is 0 Å². The third-order valence-electron chi connectivity index (χ3n) is 2.76. The summed E-state index contributed by atoms with van der Waals surface area (Å²) in [5, 5.41) is 3.63. The number of aryl methyl sites for hydroxylation is 1. The molecule has 0 saturated carbocycles. The molecule has 0 radical (unpaired) electrons. The van der Waals surface area contributed by atoms with Crippen LogP contribution in [0.5, 0.6) is 0 Å². The van der Waals surface area contributed by atoms with Gasteiger partial charge < -0.3 is 5.32 Å². The van der Waals surface area contributed by atoms with Gasteiger partial charge in [-0.05, 0) is 42.9 Å². The van der Waals surface area contributed by atoms with E-state index in [1.165, 1.54) is 17.5 Å². The Labute approximate surface area is 106 Å². The number of pyridine rings is 1. The van der Waals surface area contributed by atoms with Crippen molar-refractivity contribution >= 4 is 0 Å². The van der Waals surface area contributed by atoms with E-state index in [-0.39, 0.29) is 0 Å². The van der Waals surface area contributed by atoms with Crippen LogP contribution >= 0.6 is 0 Å². The fourth-order valence-electron chi connectivity index (χ4n) is 2.01. The molecule has 0 saturated heterocycles. The van der Waals surface area contributed by atoms with E-state index in [2.05, 4.69) is 51.0 Å². The molecule has 0 aliphatic heterocycles. The minimum absolute atomic E-state index is 0.329. The summed E-state index contributed by atoms with van der Waals surface area (Å²) in [7, 11) is 0. The maximum absolute atomic E-state index is 4.30. The maximum Gasteiger partial charge on any atom is 0.0340 e. The number of nitrogens with one attached hydrogen (secondary N) is 1. The highest BCUT2D eigenvalue weighted by molar-refractivity contribution is 5.20. The predicted molar refractivity (Wildman–Crippen MR) is 74.1 cm³/mol. The number of nitrogens with zero attached hydrogens (tertiary/aromatic N) is 1. The lowest BCUT2D eigenvalue weighted by Gasteiger charge is -2.27. The zero-order valence-electron chi connectivity index (χ0n) is 11.9. The highest BCUT2D eigenvalue weighted by Gasteiger charge is 2.19. The summed E-state index contributed by atoms with van der Waals surface area (Å²) in [6.07, 6.45) is 6.21. The van der Waals surface area contributed by atoms with Gasteiger partial charge >= 0.3 is 0 Å². The molecular weight excluding hydrogens is 208 g/mol.